The lowest BCUT2D eigenvalue weighted by Crippen LogP contribution is -2.66. The number of halogens is 2. The van der Waals surface area contributed by atoms with E-state index in [1.165, 1.54) is 0 Å². The maximum atomic E-state index is 8.80. The van der Waals surface area contributed by atoms with E-state index in [4.69, 9.17) is 22.2 Å². The van der Waals surface area contributed by atoms with Crippen LogP contribution >= 0.6 is 22.2 Å². The van der Waals surface area contributed by atoms with Gasteiger partial charge < -0.3 is 0 Å². The van der Waals surface area contributed by atoms with Gasteiger partial charge in [-0.3, -0.25) is 0 Å². The van der Waals surface area contributed by atoms with Crippen molar-refractivity contribution in [1.82, 2.24) is 0 Å². The fourth-order valence-electron chi connectivity index (χ4n) is 6.60. The summed E-state index contributed by atoms with van der Waals surface area (Å²) in [6.07, 6.45) is -1.60. The zero-order valence-electron chi connectivity index (χ0n) is 27.3. The smallest absolute Gasteiger partial charge is 0.143 e. The minimum absolute atomic E-state index is 0.358. The van der Waals surface area contributed by atoms with Crippen LogP contribution in [0.2, 0.25) is 72.5 Å². The lowest BCUT2D eigenvalue weighted by atomic mass is 10.2. The van der Waals surface area contributed by atoms with E-state index in [2.05, 4.69) is 135 Å². The summed E-state index contributed by atoms with van der Waals surface area (Å²) < 4.78 is 0. The van der Waals surface area contributed by atoms with E-state index in [1.54, 1.807) is 0 Å². The van der Waals surface area contributed by atoms with Crippen LogP contribution in [-0.4, -0.2) is 62.2 Å². The Morgan fingerprint density at radius 3 is 0.771 bits per heavy atom. The Hall–Kier alpha value is 2.53. The largest absolute Gasteiger partial charge is 0.177 e. The zero-order chi connectivity index (χ0) is 28.7. The summed E-state index contributed by atoms with van der Waals surface area (Å²) >= 11 is 17.6. The quantitative estimate of drug-likeness (QED) is 0.206. The minimum atomic E-state index is -2.01. The highest BCUT2D eigenvalue weighted by molar-refractivity contribution is 8.66. The van der Waals surface area contributed by atoms with Crippen molar-refractivity contribution in [3.63, 3.8) is 0 Å². The van der Waals surface area contributed by atoms with Gasteiger partial charge in [0.25, 0.3) is 0 Å². The van der Waals surface area contributed by atoms with Crippen LogP contribution in [0.3, 0.4) is 0 Å². The highest BCUT2D eigenvalue weighted by Crippen LogP contribution is 2.76. The van der Waals surface area contributed by atoms with Gasteiger partial charge in [0, 0.05) is 0 Å². The van der Waals surface area contributed by atoms with Crippen molar-refractivity contribution in [3.8, 4) is 0 Å². The first-order valence-corrected chi connectivity index (χ1v) is 46.9. The molecule has 35 heavy (non-hydrogen) atoms. The molecule has 0 saturated carbocycles. The molecule has 0 bridgehead atoms. The van der Waals surface area contributed by atoms with Crippen LogP contribution in [0.25, 0.3) is 0 Å². The Morgan fingerprint density at radius 2 is 0.629 bits per heavy atom. The van der Waals surface area contributed by atoms with E-state index in [0.29, 0.717) is 20.2 Å². The molecule has 1 spiro atoms. The third-order valence-corrected chi connectivity index (χ3v) is 291. The monoisotopic (exact) mass is 670 g/mol. The number of rotatable bonds is 4. The summed E-state index contributed by atoms with van der Waals surface area (Å²) in [6, 6.07) is 0. The van der Waals surface area contributed by atoms with Crippen LogP contribution in [-0.2, 0) is 0 Å². The molecule has 11 heteroatoms. The van der Waals surface area contributed by atoms with Crippen LogP contribution in [0.15, 0.2) is 0 Å². The van der Waals surface area contributed by atoms with Crippen LogP contribution in [0.5, 0.6) is 0 Å². The van der Waals surface area contributed by atoms with Crippen LogP contribution in [0, 0.1) is 0 Å². The van der Waals surface area contributed by atoms with E-state index >= 15 is 0 Å². The van der Waals surface area contributed by atoms with Crippen LogP contribution in [0.1, 0.15) is 83.1 Å². The molecule has 2 aliphatic rings. The second-order valence-electron chi connectivity index (χ2n) is 18.3. The van der Waals surface area contributed by atoms with E-state index in [9.17, 15) is 0 Å². The fourth-order valence-corrected chi connectivity index (χ4v) is 675. The molecule has 0 aromatic rings. The van der Waals surface area contributed by atoms with Gasteiger partial charge >= 0.3 is 0 Å². The molecule has 0 nitrogen and oxygen atoms in total. The van der Waals surface area contributed by atoms with Gasteiger partial charge in [-0.2, -0.15) is 22.2 Å². The highest BCUT2D eigenvalue weighted by atomic mass is 35.6. The summed E-state index contributed by atoms with van der Waals surface area (Å²) in [5.41, 5.74) is 0. The van der Waals surface area contributed by atoms with Gasteiger partial charge in [-0.25, -0.2) is 0 Å². The molecule has 0 radical (unpaired) electrons. The Morgan fingerprint density at radius 1 is 0.429 bits per heavy atom. The molecule has 2 heterocycles. The molecule has 0 aromatic heterocycles. The van der Waals surface area contributed by atoms with E-state index in [0.717, 1.165) is 0 Å². The average Bonchev–Trinajstić information content (AvgIpc) is 3.39. The maximum Gasteiger partial charge on any atom is 0.143 e. The molecule has 206 valence electrons. The van der Waals surface area contributed by atoms with Crippen molar-refractivity contribution in [2.24, 2.45) is 0 Å². The average molecular weight is 672 g/mol. The van der Waals surface area contributed by atoms with Gasteiger partial charge in [-0.1, -0.05) is 135 Å². The topological polar surface area (TPSA) is 0 Å². The second-order valence-corrected chi connectivity index (χ2v) is 126. The standard InChI is InChI=1S/C24H60Cl2Si9/c1-21(2,3)29(13,14)27-28(30(15,16)22(4,5)6)35(27)33(25,31(17,18)23(7,8)9)34(35,26)32(19,20)24(10,11)12/h1-20H3/t33-,34-/m1/s1. The van der Waals surface area contributed by atoms with Crippen molar-refractivity contribution >= 4 is 84.4 Å². The summed E-state index contributed by atoms with van der Waals surface area (Å²) in [5, 5.41) is 1.66. The molecule has 2 aliphatic heterocycles. The first kappa shape index (κ1) is 33.7. The lowest BCUT2D eigenvalue weighted by molar-refractivity contribution is 0.733. The van der Waals surface area contributed by atoms with Crippen molar-refractivity contribution < 1.29 is 0 Å². The molecule has 0 aliphatic carbocycles. The van der Waals surface area contributed by atoms with Crippen molar-refractivity contribution in [2.75, 3.05) is 0 Å². The SMILES string of the molecule is CC(C)(C)[Si](C)(C)[Si]1=[Si]([Si](C)(C)C(C)(C)C)[Si]12[Si@](Cl)([Si](C)(C)C(C)(C)C)[Si@@]2(Cl)[Si](C)(C)C(C)(C)C. The van der Waals surface area contributed by atoms with Gasteiger partial charge in [-0.15, -0.1) is 0 Å². The number of hydrogen-bond acceptors (Lipinski definition) is 0. The zero-order valence-corrected chi connectivity index (χ0v) is 37.8. The summed E-state index contributed by atoms with van der Waals surface area (Å²) in [5.74, 6) is -4.03. The van der Waals surface area contributed by atoms with Gasteiger partial charge in [0.1, 0.15) is 11.9 Å². The van der Waals surface area contributed by atoms with Crippen molar-refractivity contribution in [1.29, 1.82) is 0 Å². The molecule has 2 rings (SSSR count). The normalized spacial score (nSPS) is 28.6. The first-order valence-electron chi connectivity index (χ1n) is 13.9. The van der Waals surface area contributed by atoms with E-state index in [1.807, 2.05) is 0 Å². The Labute approximate surface area is 238 Å². The van der Waals surface area contributed by atoms with E-state index < -0.39 is 48.4 Å². The molecular formula is C24H60Cl2Si9. The summed E-state index contributed by atoms with van der Waals surface area (Å²) in [7, 11) is -6.37. The molecule has 2 atom stereocenters. The highest BCUT2D eigenvalue weighted by Gasteiger charge is 3.06. The minimum Gasteiger partial charge on any atom is -0.177 e. The number of hydrogen-bond donors (Lipinski definition) is 0. The van der Waals surface area contributed by atoms with Gasteiger partial charge in [-0.05, 0) is 34.0 Å². The van der Waals surface area contributed by atoms with Crippen LogP contribution in [0.4, 0.5) is 0 Å². The molecule has 0 amide bonds. The summed E-state index contributed by atoms with van der Waals surface area (Å²) in [6.45, 7) is 52.7. The van der Waals surface area contributed by atoms with Gasteiger partial charge in [0.05, 0.1) is 36.5 Å². The fraction of sp³-hybridized carbons (Fsp3) is 1.00. The molecule has 1 saturated heterocycles. The first-order chi connectivity index (χ1) is 14.7. The predicted molar refractivity (Wildman–Crippen MR) is 189 cm³/mol. The lowest BCUT2D eigenvalue weighted by Gasteiger charge is -2.47. The maximum absolute atomic E-state index is 8.80. The molecule has 0 aromatic carbocycles. The molecular weight excluding hydrogens is 612 g/mol. The molecule has 0 N–H and O–H groups in total. The van der Waals surface area contributed by atoms with Crippen molar-refractivity contribution in [3.05, 3.63) is 0 Å². The van der Waals surface area contributed by atoms with Crippen molar-refractivity contribution in [2.45, 2.75) is 156 Å². The third-order valence-electron chi connectivity index (χ3n) is 12.9. The molecule has 1 fully saturated rings. The Kier molecular flexibility index (Phi) is 8.00. The van der Waals surface area contributed by atoms with Crippen LogP contribution < -0.4 is 0 Å². The van der Waals surface area contributed by atoms with E-state index in [-0.39, 0.29) is 13.9 Å². The van der Waals surface area contributed by atoms with Gasteiger partial charge in [0.2, 0.25) is 0 Å². The Balaban J connectivity index is 3.14. The molecule has 0 unspecified atom stereocenters. The van der Waals surface area contributed by atoms with Gasteiger partial charge in [0.15, 0.2) is 0 Å². The third kappa shape index (κ3) is 3.77. The summed E-state index contributed by atoms with van der Waals surface area (Å²) in [4.78, 5) is 0. The predicted octanol–water partition coefficient (Wildman–Crippen LogP) is 9.64. The Bertz CT molecular complexity index is 864. The second kappa shape index (κ2) is 8.30.